The van der Waals surface area contributed by atoms with Gasteiger partial charge in [-0.15, -0.1) is 0 Å². The molecule has 2 aromatic heterocycles. The van der Waals surface area contributed by atoms with Crippen LogP contribution in [0.4, 0.5) is 0 Å². The van der Waals surface area contributed by atoms with Crippen LogP contribution in [0, 0.1) is 0 Å². The van der Waals surface area contributed by atoms with Crippen LogP contribution in [0.2, 0.25) is 0 Å². The lowest BCUT2D eigenvalue weighted by molar-refractivity contribution is 0.0608. The van der Waals surface area contributed by atoms with E-state index in [1.54, 1.807) is 0 Å². The largest absolute Gasteiger partial charge is 0.379 e. The van der Waals surface area contributed by atoms with Crippen molar-refractivity contribution in [2.45, 2.75) is 44.2 Å². The Morgan fingerprint density at radius 2 is 2.04 bits per heavy atom. The average molecular weight is 370 g/mol. The summed E-state index contributed by atoms with van der Waals surface area (Å²) in [5, 5.41) is 7.14. The summed E-state index contributed by atoms with van der Waals surface area (Å²) in [6.07, 6.45) is 7.64. The summed E-state index contributed by atoms with van der Waals surface area (Å²) < 4.78 is 10.7. The second kappa shape index (κ2) is 8.63. The molecule has 2 aliphatic rings. The first-order chi connectivity index (χ1) is 13.3. The Bertz CT molecular complexity index is 735. The Kier molecular flexibility index (Phi) is 5.79. The van der Waals surface area contributed by atoms with Crippen molar-refractivity contribution in [3.8, 4) is 0 Å². The van der Waals surface area contributed by atoms with E-state index in [2.05, 4.69) is 32.5 Å². The first kappa shape index (κ1) is 18.1. The zero-order valence-corrected chi connectivity index (χ0v) is 15.5. The molecule has 144 valence electrons. The summed E-state index contributed by atoms with van der Waals surface area (Å²) in [4.78, 5) is 18.9. The minimum absolute atomic E-state index is 0.0659. The maximum Gasteiger partial charge on any atom is 0.290 e. The molecule has 1 N–H and O–H groups in total. The summed E-state index contributed by atoms with van der Waals surface area (Å²) in [7, 11) is 0. The van der Waals surface area contributed by atoms with Crippen LogP contribution in [0.1, 0.15) is 53.4 Å². The number of aromatic nitrogens is 2. The minimum atomic E-state index is -0.195. The second-order valence-electron chi connectivity index (χ2n) is 7.41. The molecule has 1 amide bonds. The van der Waals surface area contributed by atoms with Gasteiger partial charge in [-0.05, 0) is 56.5 Å². The molecule has 2 fully saturated rings. The van der Waals surface area contributed by atoms with Gasteiger partial charge in [0.15, 0.2) is 0 Å². The zero-order chi connectivity index (χ0) is 18.5. The normalized spacial score (nSPS) is 21.9. The van der Waals surface area contributed by atoms with E-state index in [1.807, 2.05) is 18.5 Å². The lowest BCUT2D eigenvalue weighted by atomic mass is 9.93. The SMILES string of the molecule is O=C(N[C@H]1CCCOC1)c1cc(C2CCN(Cc3ccncc3)CC2)no1. The number of carbonyl (C=O) groups excluding carboxylic acids is 1. The number of ether oxygens (including phenoxy) is 1. The molecule has 1 atom stereocenters. The number of piperidine rings is 1. The van der Waals surface area contributed by atoms with E-state index in [0.29, 0.717) is 18.3 Å². The van der Waals surface area contributed by atoms with Crippen LogP contribution in [0.25, 0.3) is 0 Å². The molecule has 0 bridgehead atoms. The fraction of sp³-hybridized carbons (Fsp3) is 0.550. The van der Waals surface area contributed by atoms with Gasteiger partial charge in [0.1, 0.15) is 0 Å². The van der Waals surface area contributed by atoms with Gasteiger partial charge < -0.3 is 14.6 Å². The molecule has 2 aliphatic heterocycles. The number of pyridine rings is 1. The minimum Gasteiger partial charge on any atom is -0.379 e. The number of likely N-dealkylation sites (tertiary alicyclic amines) is 1. The molecule has 7 heteroatoms. The van der Waals surface area contributed by atoms with Crippen LogP contribution < -0.4 is 5.32 Å². The number of rotatable bonds is 5. The summed E-state index contributed by atoms with van der Waals surface area (Å²) in [5.41, 5.74) is 2.18. The summed E-state index contributed by atoms with van der Waals surface area (Å²) in [6, 6.07) is 6.00. The molecule has 4 rings (SSSR count). The van der Waals surface area contributed by atoms with Crippen molar-refractivity contribution in [2.24, 2.45) is 0 Å². The van der Waals surface area contributed by atoms with Crippen molar-refractivity contribution in [2.75, 3.05) is 26.3 Å². The maximum absolute atomic E-state index is 12.4. The van der Waals surface area contributed by atoms with E-state index in [-0.39, 0.29) is 11.9 Å². The Labute approximate surface area is 159 Å². The Morgan fingerprint density at radius 3 is 2.78 bits per heavy atom. The number of carbonyl (C=O) groups is 1. The highest BCUT2D eigenvalue weighted by atomic mass is 16.5. The first-order valence-corrected chi connectivity index (χ1v) is 9.74. The van der Waals surface area contributed by atoms with Crippen LogP contribution in [0.3, 0.4) is 0 Å². The highest BCUT2D eigenvalue weighted by molar-refractivity contribution is 5.91. The van der Waals surface area contributed by atoms with Crippen molar-refractivity contribution in [3.63, 3.8) is 0 Å². The third-order valence-corrected chi connectivity index (χ3v) is 5.41. The molecule has 2 aromatic rings. The highest BCUT2D eigenvalue weighted by Gasteiger charge is 2.26. The fourth-order valence-electron chi connectivity index (χ4n) is 3.83. The fourth-order valence-corrected chi connectivity index (χ4v) is 3.83. The summed E-state index contributed by atoms with van der Waals surface area (Å²) in [6.45, 7) is 4.33. The van der Waals surface area contributed by atoms with E-state index in [9.17, 15) is 4.79 Å². The van der Waals surface area contributed by atoms with Crippen molar-refractivity contribution in [1.29, 1.82) is 0 Å². The zero-order valence-electron chi connectivity index (χ0n) is 15.5. The molecule has 4 heterocycles. The lowest BCUT2D eigenvalue weighted by Crippen LogP contribution is -2.40. The van der Waals surface area contributed by atoms with E-state index >= 15 is 0 Å². The third kappa shape index (κ3) is 4.73. The van der Waals surface area contributed by atoms with Crippen molar-refractivity contribution < 1.29 is 14.1 Å². The van der Waals surface area contributed by atoms with Gasteiger partial charge in [0.25, 0.3) is 5.91 Å². The van der Waals surface area contributed by atoms with Gasteiger partial charge in [0.05, 0.1) is 18.3 Å². The van der Waals surface area contributed by atoms with E-state index < -0.39 is 0 Å². The monoisotopic (exact) mass is 370 g/mol. The Balaban J connectivity index is 1.28. The predicted molar refractivity (Wildman–Crippen MR) is 99.3 cm³/mol. The van der Waals surface area contributed by atoms with Crippen molar-refractivity contribution in [3.05, 3.63) is 47.6 Å². The second-order valence-corrected chi connectivity index (χ2v) is 7.41. The van der Waals surface area contributed by atoms with Gasteiger partial charge in [-0.25, -0.2) is 0 Å². The molecule has 0 aromatic carbocycles. The lowest BCUT2D eigenvalue weighted by Gasteiger charge is -2.30. The van der Waals surface area contributed by atoms with Crippen molar-refractivity contribution in [1.82, 2.24) is 20.4 Å². The van der Waals surface area contributed by atoms with E-state index in [0.717, 1.165) is 57.6 Å². The molecule has 7 nitrogen and oxygen atoms in total. The maximum atomic E-state index is 12.4. The van der Waals surface area contributed by atoms with Gasteiger partial charge in [-0.2, -0.15) is 0 Å². The summed E-state index contributed by atoms with van der Waals surface area (Å²) >= 11 is 0. The number of hydrogen-bond donors (Lipinski definition) is 1. The smallest absolute Gasteiger partial charge is 0.290 e. The molecule has 0 unspecified atom stereocenters. The first-order valence-electron chi connectivity index (χ1n) is 9.74. The standard InChI is InChI=1S/C20H26N4O3/c25-20(22-17-2-1-11-26-14-17)19-12-18(23-27-19)16-5-9-24(10-6-16)13-15-3-7-21-8-4-15/h3-4,7-8,12,16-17H,1-2,5-6,9-11,13-14H2,(H,22,25)/t17-/m0/s1. The van der Waals surface area contributed by atoms with E-state index in [1.165, 1.54) is 5.56 Å². The molecule has 0 radical (unpaired) electrons. The molecule has 0 aliphatic carbocycles. The van der Waals surface area contributed by atoms with Gasteiger partial charge in [-0.1, -0.05) is 5.16 Å². The Hall–Kier alpha value is -2.25. The Morgan fingerprint density at radius 1 is 1.22 bits per heavy atom. The van der Waals surface area contributed by atoms with Crippen LogP contribution in [-0.2, 0) is 11.3 Å². The molecular weight excluding hydrogens is 344 g/mol. The van der Waals surface area contributed by atoms with Crippen LogP contribution in [-0.4, -0.2) is 53.3 Å². The molecule has 2 saturated heterocycles. The van der Waals surface area contributed by atoms with Crippen LogP contribution in [0.15, 0.2) is 35.1 Å². The summed E-state index contributed by atoms with van der Waals surface area (Å²) in [5.74, 6) is 0.455. The number of amides is 1. The number of hydrogen-bond acceptors (Lipinski definition) is 6. The molecular formula is C20H26N4O3. The molecule has 0 saturated carbocycles. The molecule has 0 spiro atoms. The molecule has 27 heavy (non-hydrogen) atoms. The average Bonchev–Trinajstić information content (AvgIpc) is 3.21. The quantitative estimate of drug-likeness (QED) is 0.870. The highest BCUT2D eigenvalue weighted by Crippen LogP contribution is 2.28. The van der Waals surface area contributed by atoms with Crippen molar-refractivity contribution >= 4 is 5.91 Å². The topological polar surface area (TPSA) is 80.5 Å². The van der Waals surface area contributed by atoms with Gasteiger partial charge >= 0.3 is 0 Å². The van der Waals surface area contributed by atoms with Gasteiger partial charge in [0.2, 0.25) is 5.76 Å². The predicted octanol–water partition coefficient (Wildman–Crippen LogP) is 2.36. The van der Waals surface area contributed by atoms with Gasteiger partial charge in [0, 0.05) is 37.5 Å². The van der Waals surface area contributed by atoms with Crippen LogP contribution >= 0.6 is 0 Å². The third-order valence-electron chi connectivity index (χ3n) is 5.41. The number of nitrogens with one attached hydrogen (secondary N) is 1. The van der Waals surface area contributed by atoms with Gasteiger partial charge in [-0.3, -0.25) is 14.7 Å². The number of nitrogens with zero attached hydrogens (tertiary/aromatic N) is 3. The van der Waals surface area contributed by atoms with Crippen LogP contribution in [0.5, 0.6) is 0 Å². The van der Waals surface area contributed by atoms with E-state index in [4.69, 9.17) is 9.26 Å².